The van der Waals surface area contributed by atoms with Crippen molar-refractivity contribution in [3.8, 4) is 0 Å². The molecule has 3 aliphatic heterocycles. The highest BCUT2D eigenvalue weighted by Crippen LogP contribution is 2.28. The van der Waals surface area contributed by atoms with Gasteiger partial charge in [-0.05, 0) is 12.2 Å². The molecule has 1 spiro atoms. The van der Waals surface area contributed by atoms with Crippen molar-refractivity contribution >= 4 is 11.7 Å². The molecular formula is C13H13N3O3. The predicted molar refractivity (Wildman–Crippen MR) is 68.6 cm³/mol. The second-order valence-corrected chi connectivity index (χ2v) is 4.32. The summed E-state index contributed by atoms with van der Waals surface area (Å²) in [7, 11) is 0. The van der Waals surface area contributed by atoms with Gasteiger partial charge in [-0.1, -0.05) is 0 Å². The highest BCUT2D eigenvalue weighted by molar-refractivity contribution is 6.02. The van der Waals surface area contributed by atoms with E-state index in [9.17, 15) is 4.79 Å². The number of amidine groups is 1. The van der Waals surface area contributed by atoms with E-state index in [0.29, 0.717) is 18.9 Å². The Morgan fingerprint density at radius 3 is 2.84 bits per heavy atom. The summed E-state index contributed by atoms with van der Waals surface area (Å²) in [5.74, 6) is 0.0872. The van der Waals surface area contributed by atoms with E-state index in [4.69, 9.17) is 15.2 Å². The van der Waals surface area contributed by atoms with Crippen LogP contribution < -0.4 is 5.73 Å². The Hall–Kier alpha value is -2.50. The summed E-state index contributed by atoms with van der Waals surface area (Å²) in [5, 5.41) is 0. The number of hydrogen-bond acceptors (Lipinski definition) is 5. The number of rotatable bonds is 1. The van der Waals surface area contributed by atoms with Crippen LogP contribution in [0.4, 0.5) is 0 Å². The molecule has 0 unspecified atom stereocenters. The number of aliphatic imine (C=N–C) groups is 1. The number of nitrogens with two attached hydrogens (primary N) is 1. The molecule has 19 heavy (non-hydrogen) atoms. The lowest BCUT2D eigenvalue weighted by atomic mass is 9.99. The fraction of sp³-hybridized carbons (Fsp3) is 0.231. The first kappa shape index (κ1) is 11.6. The number of hydrogen-bond donors (Lipinski definition) is 1. The van der Waals surface area contributed by atoms with Gasteiger partial charge in [0, 0.05) is 25.2 Å². The standard InChI is InChI=1S/C13H13N3O3/c14-11(17)10-2-6-16-5-1-7-19-13(12(16)15-10)3-8-18-9-4-13/h1-4,7-9H,5-6H2,(H2,14,17). The molecule has 0 atom stereocenters. The number of primary amides is 1. The van der Waals surface area contributed by atoms with Crippen molar-refractivity contribution in [2.75, 3.05) is 13.1 Å². The maximum Gasteiger partial charge on any atom is 0.267 e. The minimum Gasteiger partial charge on any atom is -0.479 e. The minimum absolute atomic E-state index is 0.254. The van der Waals surface area contributed by atoms with Crippen molar-refractivity contribution in [3.63, 3.8) is 0 Å². The van der Waals surface area contributed by atoms with Gasteiger partial charge in [0.15, 0.2) is 5.84 Å². The van der Waals surface area contributed by atoms with Crippen molar-refractivity contribution in [2.24, 2.45) is 10.7 Å². The Kier molecular flexibility index (Phi) is 2.63. The topological polar surface area (TPSA) is 77.2 Å². The van der Waals surface area contributed by atoms with Crippen LogP contribution in [0, 0.1) is 0 Å². The normalized spacial score (nSPS) is 22.8. The Labute approximate surface area is 110 Å². The quantitative estimate of drug-likeness (QED) is 0.740. The van der Waals surface area contributed by atoms with Crippen molar-refractivity contribution in [2.45, 2.75) is 5.60 Å². The summed E-state index contributed by atoms with van der Waals surface area (Å²) in [6, 6.07) is 0. The molecule has 3 heterocycles. The highest BCUT2D eigenvalue weighted by Gasteiger charge is 2.40. The number of fused-ring (bicyclic) bond motifs is 2. The van der Waals surface area contributed by atoms with Crippen LogP contribution in [0.15, 0.2) is 53.8 Å². The van der Waals surface area contributed by atoms with Crippen molar-refractivity contribution in [1.82, 2.24) is 4.90 Å². The summed E-state index contributed by atoms with van der Waals surface area (Å²) < 4.78 is 10.8. The molecule has 0 aromatic rings. The maximum atomic E-state index is 11.3. The second kappa shape index (κ2) is 4.31. The second-order valence-electron chi connectivity index (χ2n) is 4.32. The van der Waals surface area contributed by atoms with E-state index >= 15 is 0 Å². The van der Waals surface area contributed by atoms with Crippen molar-refractivity contribution in [3.05, 3.63) is 48.8 Å². The molecule has 0 aliphatic carbocycles. The van der Waals surface area contributed by atoms with Crippen LogP contribution in [0.3, 0.4) is 0 Å². The van der Waals surface area contributed by atoms with E-state index in [-0.39, 0.29) is 5.70 Å². The molecule has 0 aromatic heterocycles. The molecule has 98 valence electrons. The Morgan fingerprint density at radius 1 is 1.32 bits per heavy atom. The molecule has 0 saturated heterocycles. The van der Waals surface area contributed by atoms with E-state index < -0.39 is 11.5 Å². The van der Waals surface area contributed by atoms with E-state index in [1.54, 1.807) is 24.5 Å². The largest absolute Gasteiger partial charge is 0.479 e. The SMILES string of the molecule is NC(=O)C1=CCN2CC=COC3(C=COC=C3)C2=N1. The fourth-order valence-corrected chi connectivity index (χ4v) is 2.16. The summed E-state index contributed by atoms with van der Waals surface area (Å²) in [5.41, 5.74) is 4.70. The first-order valence-corrected chi connectivity index (χ1v) is 5.89. The Bertz CT molecular complexity index is 545. The predicted octanol–water partition coefficient (Wildman–Crippen LogP) is 0.410. The van der Waals surface area contributed by atoms with E-state index in [2.05, 4.69) is 4.99 Å². The van der Waals surface area contributed by atoms with E-state index in [0.717, 1.165) is 0 Å². The van der Waals surface area contributed by atoms with Crippen LogP contribution in [0.25, 0.3) is 0 Å². The monoisotopic (exact) mass is 259 g/mol. The summed E-state index contributed by atoms with van der Waals surface area (Å²) in [4.78, 5) is 17.7. The third-order valence-electron chi connectivity index (χ3n) is 3.11. The third kappa shape index (κ3) is 1.91. The molecule has 2 N–H and O–H groups in total. The maximum absolute atomic E-state index is 11.3. The van der Waals surface area contributed by atoms with Crippen LogP contribution >= 0.6 is 0 Å². The Balaban J connectivity index is 2.07. The summed E-state index contributed by atoms with van der Waals surface area (Å²) >= 11 is 0. The first-order valence-electron chi connectivity index (χ1n) is 5.89. The molecule has 0 aromatic carbocycles. The van der Waals surface area contributed by atoms with Gasteiger partial charge >= 0.3 is 0 Å². The lowest BCUT2D eigenvalue weighted by molar-refractivity contribution is -0.114. The lowest BCUT2D eigenvalue weighted by Crippen LogP contribution is -2.49. The molecule has 3 aliphatic rings. The van der Waals surface area contributed by atoms with Gasteiger partial charge in [-0.3, -0.25) is 4.79 Å². The zero-order chi connectivity index (χ0) is 13.3. The average molecular weight is 259 g/mol. The lowest BCUT2D eigenvalue weighted by Gasteiger charge is -2.35. The van der Waals surface area contributed by atoms with Gasteiger partial charge in [-0.15, -0.1) is 0 Å². The zero-order valence-corrected chi connectivity index (χ0v) is 10.2. The third-order valence-corrected chi connectivity index (χ3v) is 3.11. The average Bonchev–Trinajstić information content (AvgIpc) is 2.60. The van der Waals surface area contributed by atoms with E-state index in [1.165, 1.54) is 12.5 Å². The van der Waals surface area contributed by atoms with Crippen molar-refractivity contribution in [1.29, 1.82) is 0 Å². The summed E-state index contributed by atoms with van der Waals surface area (Å²) in [6.45, 7) is 1.22. The van der Waals surface area contributed by atoms with Gasteiger partial charge in [0.2, 0.25) is 5.60 Å². The van der Waals surface area contributed by atoms with Gasteiger partial charge in [0.25, 0.3) is 5.91 Å². The number of carbonyl (C=O) groups is 1. The van der Waals surface area contributed by atoms with Gasteiger partial charge < -0.3 is 20.1 Å². The molecular weight excluding hydrogens is 246 g/mol. The number of ether oxygens (including phenoxy) is 2. The number of nitrogens with zero attached hydrogens (tertiary/aromatic N) is 2. The van der Waals surface area contributed by atoms with Gasteiger partial charge in [-0.2, -0.15) is 0 Å². The minimum atomic E-state index is -0.847. The van der Waals surface area contributed by atoms with Crippen LogP contribution in [-0.2, 0) is 14.3 Å². The fourth-order valence-electron chi connectivity index (χ4n) is 2.16. The number of carbonyl (C=O) groups excluding carboxylic acids is 1. The molecule has 6 heteroatoms. The van der Waals surface area contributed by atoms with Gasteiger partial charge in [0.1, 0.15) is 5.70 Å². The van der Waals surface area contributed by atoms with Crippen molar-refractivity contribution < 1.29 is 14.3 Å². The van der Waals surface area contributed by atoms with Crippen LogP contribution in [0.5, 0.6) is 0 Å². The molecule has 0 bridgehead atoms. The van der Waals surface area contributed by atoms with Gasteiger partial charge in [-0.25, -0.2) is 4.99 Å². The summed E-state index contributed by atoms with van der Waals surface area (Å²) in [6.07, 6.45) is 11.8. The zero-order valence-electron chi connectivity index (χ0n) is 10.2. The molecule has 0 fully saturated rings. The molecule has 0 saturated carbocycles. The molecule has 6 nitrogen and oxygen atoms in total. The smallest absolute Gasteiger partial charge is 0.267 e. The first-order chi connectivity index (χ1) is 9.21. The molecule has 1 amide bonds. The van der Waals surface area contributed by atoms with E-state index in [1.807, 2.05) is 11.0 Å². The Morgan fingerprint density at radius 2 is 2.11 bits per heavy atom. The molecule has 0 radical (unpaired) electrons. The van der Waals surface area contributed by atoms with Crippen LogP contribution in [0.1, 0.15) is 0 Å². The highest BCUT2D eigenvalue weighted by atomic mass is 16.5. The number of amides is 1. The van der Waals surface area contributed by atoms with Crippen LogP contribution in [0.2, 0.25) is 0 Å². The van der Waals surface area contributed by atoms with Crippen LogP contribution in [-0.4, -0.2) is 35.3 Å². The van der Waals surface area contributed by atoms with Gasteiger partial charge in [0.05, 0.1) is 18.8 Å². The molecule has 3 rings (SSSR count).